The van der Waals surface area contributed by atoms with E-state index in [2.05, 4.69) is 5.32 Å². The fourth-order valence-corrected chi connectivity index (χ4v) is 2.45. The monoisotopic (exact) mass is 361 g/mol. The molecule has 0 aliphatic heterocycles. The van der Waals surface area contributed by atoms with E-state index in [0.29, 0.717) is 10.5 Å². The maximum absolute atomic E-state index is 12.1. The minimum absolute atomic E-state index is 0.0599. The summed E-state index contributed by atoms with van der Waals surface area (Å²) < 4.78 is 6.10. The predicted molar refractivity (Wildman–Crippen MR) is 90.4 cm³/mol. The lowest BCUT2D eigenvalue weighted by Crippen LogP contribution is -2.30. The highest BCUT2D eigenvalue weighted by Gasteiger charge is 2.16. The lowest BCUT2D eigenvalue weighted by Gasteiger charge is -2.06. The first-order valence-electron chi connectivity index (χ1n) is 7.23. The van der Waals surface area contributed by atoms with E-state index >= 15 is 0 Å². The van der Waals surface area contributed by atoms with Gasteiger partial charge in [-0.1, -0.05) is 23.7 Å². The SMILES string of the molecule is O=C(Cn1c(=O)oc2cc([N+](=O)[O-])ccc21)NCc1ccc(Cl)cc1. The van der Waals surface area contributed by atoms with Gasteiger partial charge in [-0.3, -0.25) is 19.5 Å². The van der Waals surface area contributed by atoms with Crippen LogP contribution in [0.15, 0.2) is 51.7 Å². The highest BCUT2D eigenvalue weighted by atomic mass is 35.5. The van der Waals surface area contributed by atoms with Crippen molar-refractivity contribution in [2.75, 3.05) is 0 Å². The zero-order valence-corrected chi connectivity index (χ0v) is 13.5. The van der Waals surface area contributed by atoms with E-state index in [0.717, 1.165) is 16.2 Å². The number of nitrogens with zero attached hydrogens (tertiary/aromatic N) is 2. The Hall–Kier alpha value is -3.13. The molecular weight excluding hydrogens is 350 g/mol. The standard InChI is InChI=1S/C16H12ClN3O5/c17-11-3-1-10(2-4-11)8-18-15(21)9-19-13-6-5-12(20(23)24)7-14(13)25-16(19)22/h1-7H,8-9H2,(H,18,21). The van der Waals surface area contributed by atoms with Gasteiger partial charge in [0.25, 0.3) is 5.69 Å². The van der Waals surface area contributed by atoms with Crippen LogP contribution >= 0.6 is 11.6 Å². The van der Waals surface area contributed by atoms with E-state index in [4.69, 9.17) is 16.0 Å². The van der Waals surface area contributed by atoms with E-state index in [1.165, 1.54) is 12.1 Å². The molecule has 0 aliphatic rings. The maximum Gasteiger partial charge on any atom is 0.420 e. The molecule has 1 heterocycles. The second-order valence-corrected chi connectivity index (χ2v) is 5.70. The van der Waals surface area contributed by atoms with Gasteiger partial charge in [0.15, 0.2) is 5.58 Å². The van der Waals surface area contributed by atoms with Crippen LogP contribution in [0.4, 0.5) is 5.69 Å². The molecule has 1 N–H and O–H groups in total. The van der Waals surface area contributed by atoms with Crippen molar-refractivity contribution in [3.8, 4) is 0 Å². The zero-order valence-electron chi connectivity index (χ0n) is 12.8. The summed E-state index contributed by atoms with van der Waals surface area (Å²) in [4.78, 5) is 34.1. The number of carbonyl (C=O) groups is 1. The highest BCUT2D eigenvalue weighted by Crippen LogP contribution is 2.20. The first-order chi connectivity index (χ1) is 11.9. The quantitative estimate of drug-likeness (QED) is 0.554. The molecule has 2 aromatic carbocycles. The van der Waals surface area contributed by atoms with E-state index < -0.39 is 16.6 Å². The smallest absolute Gasteiger partial charge is 0.407 e. The largest absolute Gasteiger partial charge is 0.420 e. The number of amides is 1. The van der Waals surface area contributed by atoms with Gasteiger partial charge in [0.05, 0.1) is 16.5 Å². The van der Waals surface area contributed by atoms with Gasteiger partial charge in [-0.15, -0.1) is 0 Å². The number of nitrogens with one attached hydrogen (secondary N) is 1. The van der Waals surface area contributed by atoms with Gasteiger partial charge in [-0.2, -0.15) is 0 Å². The van der Waals surface area contributed by atoms with Crippen LogP contribution in [0, 0.1) is 10.1 Å². The number of rotatable bonds is 5. The Morgan fingerprint density at radius 1 is 1.24 bits per heavy atom. The van der Waals surface area contributed by atoms with Crippen LogP contribution < -0.4 is 11.1 Å². The Morgan fingerprint density at radius 2 is 1.96 bits per heavy atom. The van der Waals surface area contributed by atoms with Gasteiger partial charge in [0.1, 0.15) is 6.54 Å². The van der Waals surface area contributed by atoms with Crippen molar-refractivity contribution < 1.29 is 14.1 Å². The lowest BCUT2D eigenvalue weighted by molar-refractivity contribution is -0.384. The Labute approximate surface area is 145 Å². The molecule has 1 amide bonds. The number of benzene rings is 2. The van der Waals surface area contributed by atoms with E-state index in [-0.39, 0.29) is 24.4 Å². The molecule has 0 saturated carbocycles. The topological polar surface area (TPSA) is 107 Å². The van der Waals surface area contributed by atoms with Gasteiger partial charge in [-0.05, 0) is 23.8 Å². The summed E-state index contributed by atoms with van der Waals surface area (Å²) in [5, 5.41) is 14.0. The molecular formula is C16H12ClN3O5. The van der Waals surface area contributed by atoms with Crippen molar-refractivity contribution in [1.29, 1.82) is 0 Å². The molecule has 0 fully saturated rings. The number of aromatic nitrogens is 1. The number of halogens is 1. The van der Waals surface area contributed by atoms with Crippen molar-refractivity contribution in [3.05, 3.63) is 73.7 Å². The molecule has 0 atom stereocenters. The van der Waals surface area contributed by atoms with Crippen LogP contribution in [0.5, 0.6) is 0 Å². The van der Waals surface area contributed by atoms with Crippen molar-refractivity contribution in [3.63, 3.8) is 0 Å². The number of nitro groups is 1. The number of non-ortho nitro benzene ring substituents is 1. The Bertz CT molecular complexity index is 1010. The summed E-state index contributed by atoms with van der Waals surface area (Å²) >= 11 is 5.79. The molecule has 3 rings (SSSR count). The molecule has 128 valence electrons. The second kappa shape index (κ2) is 6.78. The zero-order chi connectivity index (χ0) is 18.0. The summed E-state index contributed by atoms with van der Waals surface area (Å²) in [6, 6.07) is 10.8. The Kier molecular flexibility index (Phi) is 4.53. The Balaban J connectivity index is 1.74. The highest BCUT2D eigenvalue weighted by molar-refractivity contribution is 6.30. The summed E-state index contributed by atoms with van der Waals surface area (Å²) in [5.41, 5.74) is 1.04. The third-order valence-electron chi connectivity index (χ3n) is 3.57. The van der Waals surface area contributed by atoms with Crippen LogP contribution in [0.2, 0.25) is 5.02 Å². The molecule has 25 heavy (non-hydrogen) atoms. The molecule has 1 aromatic heterocycles. The van der Waals surface area contributed by atoms with Gasteiger partial charge in [0, 0.05) is 17.6 Å². The van der Waals surface area contributed by atoms with Gasteiger partial charge < -0.3 is 9.73 Å². The van der Waals surface area contributed by atoms with Crippen molar-refractivity contribution >= 4 is 34.3 Å². The Morgan fingerprint density at radius 3 is 2.64 bits per heavy atom. The lowest BCUT2D eigenvalue weighted by atomic mass is 10.2. The second-order valence-electron chi connectivity index (χ2n) is 5.27. The number of oxazole rings is 1. The van der Waals surface area contributed by atoms with Crippen molar-refractivity contribution in [1.82, 2.24) is 9.88 Å². The number of nitro benzene ring substituents is 1. The van der Waals surface area contributed by atoms with Gasteiger partial charge in [-0.25, -0.2) is 4.79 Å². The van der Waals surface area contributed by atoms with Crippen molar-refractivity contribution in [2.24, 2.45) is 0 Å². The number of hydrogen-bond donors (Lipinski definition) is 1. The minimum Gasteiger partial charge on any atom is -0.407 e. The van der Waals surface area contributed by atoms with E-state index in [1.54, 1.807) is 24.3 Å². The predicted octanol–water partition coefficient (Wildman–Crippen LogP) is 2.47. The fraction of sp³-hybridized carbons (Fsp3) is 0.125. The van der Waals surface area contributed by atoms with Crippen LogP contribution in [-0.4, -0.2) is 15.4 Å². The van der Waals surface area contributed by atoms with Crippen LogP contribution in [0.25, 0.3) is 11.1 Å². The minimum atomic E-state index is -0.753. The molecule has 0 radical (unpaired) electrons. The molecule has 9 heteroatoms. The first kappa shape index (κ1) is 16.7. The average molecular weight is 362 g/mol. The summed E-state index contributed by atoms with van der Waals surface area (Å²) in [5.74, 6) is -1.14. The number of carbonyl (C=O) groups excluding carboxylic acids is 1. The van der Waals surface area contributed by atoms with Gasteiger partial charge >= 0.3 is 5.76 Å². The molecule has 0 unspecified atom stereocenters. The molecule has 3 aromatic rings. The molecule has 0 bridgehead atoms. The molecule has 0 aliphatic carbocycles. The summed E-state index contributed by atoms with van der Waals surface area (Å²) in [7, 11) is 0. The average Bonchev–Trinajstić information content (AvgIpc) is 2.89. The van der Waals surface area contributed by atoms with E-state index in [9.17, 15) is 19.7 Å². The van der Waals surface area contributed by atoms with Crippen molar-refractivity contribution in [2.45, 2.75) is 13.1 Å². The first-order valence-corrected chi connectivity index (χ1v) is 7.61. The van der Waals surface area contributed by atoms with Crippen LogP contribution in [-0.2, 0) is 17.9 Å². The van der Waals surface area contributed by atoms with Crippen LogP contribution in [0.1, 0.15) is 5.56 Å². The normalized spacial score (nSPS) is 10.8. The van der Waals surface area contributed by atoms with Crippen LogP contribution in [0.3, 0.4) is 0 Å². The summed E-state index contributed by atoms with van der Waals surface area (Å²) in [6.07, 6.45) is 0. The number of fused-ring (bicyclic) bond motifs is 1. The van der Waals surface area contributed by atoms with Gasteiger partial charge in [0.2, 0.25) is 5.91 Å². The third kappa shape index (κ3) is 3.69. The summed E-state index contributed by atoms with van der Waals surface area (Å²) in [6.45, 7) is 0.0310. The maximum atomic E-state index is 12.1. The fourth-order valence-electron chi connectivity index (χ4n) is 2.32. The van der Waals surface area contributed by atoms with E-state index in [1.807, 2.05) is 0 Å². The molecule has 0 saturated heterocycles. The molecule has 8 nitrogen and oxygen atoms in total. The molecule has 0 spiro atoms. The number of hydrogen-bond acceptors (Lipinski definition) is 5. The third-order valence-corrected chi connectivity index (χ3v) is 3.82.